The Hall–Kier alpha value is -2.79. The summed E-state index contributed by atoms with van der Waals surface area (Å²) in [5, 5.41) is 14.0. The Morgan fingerprint density at radius 2 is 2.08 bits per heavy atom. The van der Waals surface area contributed by atoms with E-state index in [-0.39, 0.29) is 6.04 Å². The lowest BCUT2D eigenvalue weighted by molar-refractivity contribution is -0.139. The molecule has 3 N–H and O–H groups in total. The van der Waals surface area contributed by atoms with Gasteiger partial charge in [-0.05, 0) is 28.8 Å². The van der Waals surface area contributed by atoms with Gasteiger partial charge in [0.25, 0.3) is 0 Å². The normalized spacial score (nSPS) is 21.6. The molecule has 126 valence electrons. The van der Waals surface area contributed by atoms with Crippen LogP contribution in [0.25, 0.3) is 10.9 Å². The first-order valence-corrected chi connectivity index (χ1v) is 8.54. The summed E-state index contributed by atoms with van der Waals surface area (Å²) in [6.07, 6.45) is 1.39. The number of hydrogen-bond acceptors (Lipinski definition) is 3. The molecular weight excluding hydrogens is 316 g/mol. The topological polar surface area (TPSA) is 74.3 Å². The van der Waals surface area contributed by atoms with Gasteiger partial charge in [-0.1, -0.05) is 30.3 Å². The molecule has 0 amide bonds. The van der Waals surface area contributed by atoms with Gasteiger partial charge in [-0.15, -0.1) is 0 Å². The molecule has 0 unspecified atom stereocenters. The van der Waals surface area contributed by atoms with Gasteiger partial charge in [0.05, 0.1) is 12.6 Å². The summed E-state index contributed by atoms with van der Waals surface area (Å²) in [7, 11) is 0. The largest absolute Gasteiger partial charge is 0.493 e. The van der Waals surface area contributed by atoms with Crippen LogP contribution in [-0.4, -0.2) is 28.7 Å². The van der Waals surface area contributed by atoms with Crippen molar-refractivity contribution >= 4 is 16.9 Å². The van der Waals surface area contributed by atoms with Crippen LogP contribution in [-0.2, 0) is 17.6 Å². The van der Waals surface area contributed by atoms with E-state index >= 15 is 0 Å². The smallest absolute Gasteiger partial charge is 0.321 e. The molecule has 5 heteroatoms. The summed E-state index contributed by atoms with van der Waals surface area (Å²) in [5.41, 5.74) is 5.48. The van der Waals surface area contributed by atoms with E-state index < -0.39 is 12.0 Å². The number of fused-ring (bicyclic) bond motifs is 4. The first kappa shape index (κ1) is 14.5. The van der Waals surface area contributed by atoms with Crippen LogP contribution >= 0.6 is 0 Å². The van der Waals surface area contributed by atoms with Gasteiger partial charge in [-0.2, -0.15) is 0 Å². The van der Waals surface area contributed by atoms with E-state index in [2.05, 4.69) is 22.4 Å². The number of aromatic amines is 1. The highest BCUT2D eigenvalue weighted by Crippen LogP contribution is 2.37. The maximum absolute atomic E-state index is 11.7. The highest BCUT2D eigenvalue weighted by atomic mass is 16.5. The molecule has 0 aliphatic carbocycles. The molecule has 0 saturated heterocycles. The van der Waals surface area contributed by atoms with Crippen molar-refractivity contribution in [2.24, 2.45) is 0 Å². The predicted octanol–water partition coefficient (Wildman–Crippen LogP) is 2.79. The number of ether oxygens (including phenoxy) is 1. The fourth-order valence-corrected chi connectivity index (χ4v) is 4.04. The van der Waals surface area contributed by atoms with E-state index in [1.165, 1.54) is 5.56 Å². The van der Waals surface area contributed by atoms with Crippen LogP contribution in [0.3, 0.4) is 0 Å². The molecule has 3 heterocycles. The Balaban J connectivity index is 1.67. The molecule has 0 radical (unpaired) electrons. The molecular formula is C20H18N2O3. The van der Waals surface area contributed by atoms with Crippen molar-refractivity contribution in [2.45, 2.75) is 24.9 Å². The Kier molecular flexibility index (Phi) is 3.12. The zero-order valence-corrected chi connectivity index (χ0v) is 13.6. The first-order valence-electron chi connectivity index (χ1n) is 8.54. The summed E-state index contributed by atoms with van der Waals surface area (Å²) in [6, 6.07) is 13.5. The molecule has 5 rings (SSSR count). The lowest BCUT2D eigenvalue weighted by Gasteiger charge is -2.29. The van der Waals surface area contributed by atoms with Gasteiger partial charge in [0.15, 0.2) is 0 Å². The monoisotopic (exact) mass is 334 g/mol. The van der Waals surface area contributed by atoms with Crippen LogP contribution in [0.4, 0.5) is 0 Å². The van der Waals surface area contributed by atoms with Gasteiger partial charge in [-0.3, -0.25) is 10.1 Å². The average Bonchev–Trinajstić information content (AvgIpc) is 3.24. The summed E-state index contributed by atoms with van der Waals surface area (Å²) in [6.45, 7) is 0.715. The summed E-state index contributed by atoms with van der Waals surface area (Å²) in [4.78, 5) is 15.2. The Morgan fingerprint density at radius 3 is 2.96 bits per heavy atom. The van der Waals surface area contributed by atoms with Gasteiger partial charge in [0.1, 0.15) is 11.8 Å². The summed E-state index contributed by atoms with van der Waals surface area (Å²) < 4.78 is 5.60. The minimum atomic E-state index is -0.814. The standard InChI is InChI=1S/C20H18N2O3/c23-20(24)16-10-14-13-3-1-2-4-15(13)21-19(14)18(22-16)12-5-6-17-11(9-12)7-8-25-17/h1-6,9,16,18,21-22H,7-8,10H2,(H,23,24)/t16-,18-/m1/s1. The Bertz CT molecular complexity index is 992. The van der Waals surface area contributed by atoms with Gasteiger partial charge < -0.3 is 14.8 Å². The third kappa shape index (κ3) is 2.23. The van der Waals surface area contributed by atoms with E-state index in [9.17, 15) is 9.90 Å². The Labute approximate surface area is 144 Å². The number of aliphatic carboxylic acids is 1. The van der Waals surface area contributed by atoms with E-state index in [0.717, 1.165) is 39.9 Å². The number of H-pyrrole nitrogens is 1. The molecule has 2 atom stereocenters. The van der Waals surface area contributed by atoms with Crippen molar-refractivity contribution < 1.29 is 14.6 Å². The number of rotatable bonds is 2. The number of carboxylic acid groups (broad SMARTS) is 1. The number of hydrogen-bond donors (Lipinski definition) is 3. The molecule has 25 heavy (non-hydrogen) atoms. The second-order valence-corrected chi connectivity index (χ2v) is 6.72. The number of nitrogens with one attached hydrogen (secondary N) is 2. The average molecular weight is 334 g/mol. The molecule has 0 saturated carbocycles. The van der Waals surface area contributed by atoms with Crippen molar-refractivity contribution in [3.8, 4) is 5.75 Å². The third-order valence-corrected chi connectivity index (χ3v) is 5.26. The van der Waals surface area contributed by atoms with Gasteiger partial charge in [0.2, 0.25) is 0 Å². The molecule has 5 nitrogen and oxygen atoms in total. The highest BCUT2D eigenvalue weighted by molar-refractivity contribution is 5.87. The molecule has 2 aliphatic heterocycles. The fourth-order valence-electron chi connectivity index (χ4n) is 4.04. The zero-order valence-electron chi connectivity index (χ0n) is 13.6. The second kappa shape index (κ2) is 5.36. The number of carbonyl (C=O) groups is 1. The van der Waals surface area contributed by atoms with Crippen molar-refractivity contribution in [3.05, 3.63) is 64.8 Å². The van der Waals surface area contributed by atoms with Gasteiger partial charge >= 0.3 is 5.97 Å². The number of benzene rings is 2. The molecule has 0 bridgehead atoms. The maximum Gasteiger partial charge on any atom is 0.321 e. The van der Waals surface area contributed by atoms with Crippen molar-refractivity contribution in [1.82, 2.24) is 10.3 Å². The van der Waals surface area contributed by atoms with Gasteiger partial charge in [-0.25, -0.2) is 0 Å². The van der Waals surface area contributed by atoms with E-state index in [4.69, 9.17) is 4.74 Å². The van der Waals surface area contributed by atoms with Crippen LogP contribution in [0.15, 0.2) is 42.5 Å². The number of carboxylic acids is 1. The molecule has 0 fully saturated rings. The molecule has 2 aliphatic rings. The van der Waals surface area contributed by atoms with Crippen molar-refractivity contribution in [3.63, 3.8) is 0 Å². The van der Waals surface area contributed by atoms with Crippen molar-refractivity contribution in [1.29, 1.82) is 0 Å². The SMILES string of the molecule is O=C(O)[C@H]1Cc2c([nH]c3ccccc23)[C@@H](c2ccc3c(c2)CCO3)N1. The van der Waals surface area contributed by atoms with Crippen molar-refractivity contribution in [2.75, 3.05) is 6.61 Å². The molecule has 0 spiro atoms. The number of aromatic nitrogens is 1. The first-order chi connectivity index (χ1) is 12.2. The molecule has 1 aromatic heterocycles. The minimum absolute atomic E-state index is 0.164. The predicted molar refractivity (Wildman–Crippen MR) is 94.0 cm³/mol. The fraction of sp³-hybridized carbons (Fsp3) is 0.250. The highest BCUT2D eigenvalue weighted by Gasteiger charge is 2.34. The summed E-state index contributed by atoms with van der Waals surface area (Å²) >= 11 is 0. The quantitative estimate of drug-likeness (QED) is 0.674. The lowest BCUT2D eigenvalue weighted by Crippen LogP contribution is -2.44. The van der Waals surface area contributed by atoms with E-state index in [0.29, 0.717) is 13.0 Å². The third-order valence-electron chi connectivity index (χ3n) is 5.26. The Morgan fingerprint density at radius 1 is 1.20 bits per heavy atom. The van der Waals surface area contributed by atoms with E-state index in [1.807, 2.05) is 30.3 Å². The zero-order chi connectivity index (χ0) is 17.0. The second-order valence-electron chi connectivity index (χ2n) is 6.72. The van der Waals surface area contributed by atoms with Crippen LogP contribution in [0.5, 0.6) is 5.75 Å². The minimum Gasteiger partial charge on any atom is -0.493 e. The maximum atomic E-state index is 11.7. The van der Waals surface area contributed by atoms with Crippen LogP contribution in [0.2, 0.25) is 0 Å². The number of para-hydroxylation sites is 1. The summed E-state index contributed by atoms with van der Waals surface area (Å²) in [5.74, 6) is 0.122. The van der Waals surface area contributed by atoms with Crippen LogP contribution < -0.4 is 10.1 Å². The molecule has 2 aromatic carbocycles. The lowest BCUT2D eigenvalue weighted by atomic mass is 9.89. The van der Waals surface area contributed by atoms with Gasteiger partial charge in [0, 0.05) is 29.4 Å². The van der Waals surface area contributed by atoms with Crippen LogP contribution in [0.1, 0.15) is 28.4 Å². The molecule has 3 aromatic rings. The van der Waals surface area contributed by atoms with E-state index in [1.54, 1.807) is 0 Å². The van der Waals surface area contributed by atoms with Crippen LogP contribution in [0, 0.1) is 0 Å².